The smallest absolute Gasteiger partial charge is 0.239 e. The summed E-state index contributed by atoms with van der Waals surface area (Å²) in [5.41, 5.74) is 4.56. The van der Waals surface area contributed by atoms with Crippen molar-refractivity contribution in [1.29, 1.82) is 0 Å². The van der Waals surface area contributed by atoms with E-state index in [0.29, 0.717) is 31.6 Å². The lowest BCUT2D eigenvalue weighted by Gasteiger charge is -2.60. The van der Waals surface area contributed by atoms with E-state index in [1.807, 2.05) is 47.4 Å². The van der Waals surface area contributed by atoms with Crippen molar-refractivity contribution in [2.75, 3.05) is 46.1 Å². The van der Waals surface area contributed by atoms with Crippen molar-refractivity contribution in [1.82, 2.24) is 9.80 Å². The van der Waals surface area contributed by atoms with Crippen LogP contribution in [-0.4, -0.2) is 89.5 Å². The zero-order valence-electron chi connectivity index (χ0n) is 40.7. The average molecular weight is 936 g/mol. The summed E-state index contributed by atoms with van der Waals surface area (Å²) < 4.78 is 35.7. The minimum absolute atomic E-state index is 0.0147. The van der Waals surface area contributed by atoms with Crippen LogP contribution < -0.4 is 9.47 Å². The lowest BCUT2D eigenvalue weighted by atomic mass is 9.55. The van der Waals surface area contributed by atoms with Gasteiger partial charge in [0, 0.05) is 63.7 Å². The Hall–Kier alpha value is -4.55. The zero-order chi connectivity index (χ0) is 47.6. The number of rotatable bonds is 31. The minimum Gasteiger partial charge on any atom is -0.492 e. The maximum absolute atomic E-state index is 15.2. The quantitative estimate of drug-likeness (QED) is 0.0284. The first-order valence-corrected chi connectivity index (χ1v) is 26.0. The summed E-state index contributed by atoms with van der Waals surface area (Å²) >= 11 is 0. The predicted octanol–water partition coefficient (Wildman–Crippen LogP) is 11.3. The van der Waals surface area contributed by atoms with Crippen LogP contribution in [0.1, 0.15) is 139 Å². The Labute approximate surface area is 405 Å². The van der Waals surface area contributed by atoms with Crippen LogP contribution in [0.4, 0.5) is 4.39 Å². The Morgan fingerprint density at radius 2 is 1.62 bits per heavy atom. The number of amides is 1. The van der Waals surface area contributed by atoms with Crippen molar-refractivity contribution in [3.05, 3.63) is 120 Å². The topological polar surface area (TPSA) is 113 Å². The molecule has 3 aromatic carbocycles. The number of halogens is 1. The fourth-order valence-electron chi connectivity index (χ4n) is 11.0. The molecule has 0 radical (unpaired) electrons. The SMILES string of the molecule is C=CCOC12Oc3ccc(OCCN4CC4)cc3C3C(CCCCO)C(CCCCO)C=C(C(=NOCc4ccccc4)CC1N(Cc1ccc(F)cc1)C(=O)CCCCCCCCCCC)C32. The normalized spacial score (nSPS) is 23.3. The van der Waals surface area contributed by atoms with Crippen LogP contribution in [0.15, 0.2) is 102 Å². The molecule has 3 aromatic rings. The van der Waals surface area contributed by atoms with Gasteiger partial charge in [-0.3, -0.25) is 9.69 Å². The highest BCUT2D eigenvalue weighted by atomic mass is 19.1. The Morgan fingerprint density at radius 3 is 2.32 bits per heavy atom. The summed E-state index contributed by atoms with van der Waals surface area (Å²) in [5.74, 6) is -0.695. The molecule has 2 aliphatic carbocycles. The number of aliphatic hydroxyl groups is 2. The first-order chi connectivity index (χ1) is 33.4. The number of allylic oxidation sites excluding steroid dienone is 1. The third kappa shape index (κ3) is 13.6. The highest BCUT2D eigenvalue weighted by molar-refractivity contribution is 6.03. The predicted molar refractivity (Wildman–Crippen MR) is 267 cm³/mol. The van der Waals surface area contributed by atoms with E-state index in [2.05, 4.69) is 30.5 Å². The molecular weight excluding hydrogens is 858 g/mol. The highest BCUT2D eigenvalue weighted by Gasteiger charge is 2.65. The van der Waals surface area contributed by atoms with Crippen LogP contribution >= 0.6 is 0 Å². The summed E-state index contributed by atoms with van der Waals surface area (Å²) in [6.45, 7) is 10.9. The Bertz CT molecular complexity index is 2080. The molecule has 7 rings (SSSR count). The number of carbonyl (C=O) groups excluding carboxylic acids is 1. The van der Waals surface area contributed by atoms with E-state index in [4.69, 9.17) is 24.2 Å². The Balaban J connectivity index is 1.35. The van der Waals surface area contributed by atoms with Gasteiger partial charge in [-0.2, -0.15) is 0 Å². The number of ether oxygens (including phenoxy) is 3. The number of hydrogen-bond donors (Lipinski definition) is 2. The van der Waals surface area contributed by atoms with Crippen molar-refractivity contribution in [2.24, 2.45) is 22.9 Å². The van der Waals surface area contributed by atoms with Crippen molar-refractivity contribution >= 4 is 11.6 Å². The van der Waals surface area contributed by atoms with E-state index in [-0.39, 0.29) is 68.9 Å². The molecule has 0 bridgehead atoms. The zero-order valence-corrected chi connectivity index (χ0v) is 40.7. The molecule has 6 atom stereocenters. The summed E-state index contributed by atoms with van der Waals surface area (Å²) in [7, 11) is 0. The van der Waals surface area contributed by atoms with Crippen molar-refractivity contribution in [3.63, 3.8) is 0 Å². The van der Waals surface area contributed by atoms with Crippen LogP contribution in [0, 0.1) is 23.6 Å². The molecule has 11 heteroatoms. The van der Waals surface area contributed by atoms with Gasteiger partial charge >= 0.3 is 0 Å². The van der Waals surface area contributed by atoms with Crippen molar-refractivity contribution < 1.29 is 38.4 Å². The first-order valence-electron chi connectivity index (χ1n) is 26.0. The monoisotopic (exact) mass is 936 g/mol. The first kappa shape index (κ1) is 51.3. The lowest BCUT2D eigenvalue weighted by Crippen LogP contribution is -2.70. The van der Waals surface area contributed by atoms with E-state index in [0.717, 1.165) is 105 Å². The molecule has 2 fully saturated rings. The molecule has 1 saturated carbocycles. The molecule has 68 heavy (non-hydrogen) atoms. The molecule has 2 heterocycles. The molecule has 1 saturated heterocycles. The molecule has 4 aliphatic rings. The van der Waals surface area contributed by atoms with Gasteiger partial charge in [0.2, 0.25) is 11.7 Å². The van der Waals surface area contributed by atoms with Gasteiger partial charge in [0.25, 0.3) is 0 Å². The Kier molecular flexibility index (Phi) is 19.9. The third-order valence-corrected chi connectivity index (χ3v) is 14.6. The maximum Gasteiger partial charge on any atom is 0.239 e. The number of hydrogen-bond acceptors (Lipinski definition) is 9. The van der Waals surface area contributed by atoms with E-state index in [1.54, 1.807) is 18.2 Å². The van der Waals surface area contributed by atoms with Gasteiger partial charge in [0.1, 0.15) is 36.6 Å². The van der Waals surface area contributed by atoms with Gasteiger partial charge in [-0.15, -0.1) is 6.58 Å². The fraction of sp³-hybridized carbons (Fsp3) is 0.579. The van der Waals surface area contributed by atoms with Crippen LogP contribution in [0.25, 0.3) is 0 Å². The number of fused-ring (bicyclic) bond motifs is 2. The fourth-order valence-corrected chi connectivity index (χ4v) is 11.0. The van der Waals surface area contributed by atoms with Crippen LogP contribution in [0.5, 0.6) is 11.5 Å². The second-order valence-electron chi connectivity index (χ2n) is 19.4. The summed E-state index contributed by atoms with van der Waals surface area (Å²) in [5, 5.41) is 25.1. The summed E-state index contributed by atoms with van der Waals surface area (Å²) in [6.07, 6.45) is 19.7. The van der Waals surface area contributed by atoms with Crippen LogP contribution in [0.2, 0.25) is 0 Å². The van der Waals surface area contributed by atoms with Crippen molar-refractivity contribution in [2.45, 2.75) is 147 Å². The number of nitrogens with zero attached hydrogens (tertiary/aromatic N) is 3. The van der Waals surface area contributed by atoms with E-state index >= 15 is 4.79 Å². The van der Waals surface area contributed by atoms with E-state index in [9.17, 15) is 14.6 Å². The molecule has 370 valence electrons. The van der Waals surface area contributed by atoms with Gasteiger partial charge < -0.3 is 34.2 Å². The Morgan fingerprint density at radius 1 is 0.897 bits per heavy atom. The van der Waals surface area contributed by atoms with Crippen molar-refractivity contribution in [3.8, 4) is 11.5 Å². The van der Waals surface area contributed by atoms with Crippen LogP contribution in [-0.2, 0) is 27.5 Å². The number of carbonyl (C=O) groups is 1. The van der Waals surface area contributed by atoms with Gasteiger partial charge in [0.05, 0.1) is 18.2 Å². The molecule has 2 N–H and O–H groups in total. The highest BCUT2D eigenvalue weighted by Crippen LogP contribution is 2.62. The number of oxime groups is 1. The second-order valence-corrected chi connectivity index (χ2v) is 19.4. The second kappa shape index (κ2) is 26.4. The average Bonchev–Trinajstić information content (AvgIpc) is 4.19. The lowest BCUT2D eigenvalue weighted by molar-refractivity contribution is -0.258. The standard InChI is InChI=1S/C57H78FN3O7/c1-3-5-6-7-8-9-10-11-15-24-54(64)61(41-43-25-27-46(58)28-26-43)53-40-51(59-67-42-44-20-13-12-14-21-44)49-38-45(22-16-18-34-62)48(23-17-19-35-63)55-50-39-47(65-37-33-60-31-32-60)29-30-52(50)68-57(53,56(49)55)66-36-4-2/h4,12-14,20-21,25-30,38-39,45,48,53,55-56,62-63H,2-3,5-11,15-19,22-24,31-37,40-42H2,1H3. The van der Waals surface area contributed by atoms with Gasteiger partial charge in [-0.25, -0.2) is 4.39 Å². The molecule has 2 aliphatic heterocycles. The molecule has 1 amide bonds. The summed E-state index contributed by atoms with van der Waals surface area (Å²) in [6, 6.07) is 21.9. The van der Waals surface area contributed by atoms with E-state index in [1.165, 1.54) is 44.2 Å². The maximum atomic E-state index is 15.2. The summed E-state index contributed by atoms with van der Waals surface area (Å²) in [4.78, 5) is 25.8. The van der Waals surface area contributed by atoms with E-state index < -0.39 is 17.7 Å². The van der Waals surface area contributed by atoms with Crippen LogP contribution in [0.3, 0.4) is 0 Å². The van der Waals surface area contributed by atoms with Gasteiger partial charge in [-0.1, -0.05) is 131 Å². The molecular formula is C57H78FN3O7. The number of aliphatic hydroxyl groups excluding tert-OH is 2. The minimum atomic E-state index is -1.39. The number of unbranched alkanes of at least 4 members (excludes halogenated alkanes) is 10. The van der Waals surface area contributed by atoms with Gasteiger partial charge in [-0.05, 0) is 91.0 Å². The molecule has 0 spiro atoms. The molecule has 6 unspecified atom stereocenters. The number of benzene rings is 3. The molecule has 0 aromatic heterocycles. The third-order valence-electron chi connectivity index (χ3n) is 14.6. The molecule has 10 nitrogen and oxygen atoms in total. The largest absolute Gasteiger partial charge is 0.492 e. The van der Waals surface area contributed by atoms with Gasteiger partial charge in [0.15, 0.2) is 0 Å².